The number of alkyl halides is 3. The zero-order chi connectivity index (χ0) is 19.0. The molecule has 0 amide bonds. The Morgan fingerprint density at radius 2 is 1.96 bits per heavy atom. The highest BCUT2D eigenvalue weighted by Gasteiger charge is 2.30. The normalized spacial score (nSPS) is 14.9. The van der Waals surface area contributed by atoms with Gasteiger partial charge in [0.05, 0.1) is 24.1 Å². The van der Waals surface area contributed by atoms with Crippen molar-refractivity contribution in [3.05, 3.63) is 75.6 Å². The predicted molar refractivity (Wildman–Crippen MR) is 91.8 cm³/mol. The highest BCUT2D eigenvalue weighted by molar-refractivity contribution is 5.56. The van der Waals surface area contributed by atoms with Gasteiger partial charge in [0.1, 0.15) is 11.6 Å². The van der Waals surface area contributed by atoms with Crippen LogP contribution in [0.1, 0.15) is 22.6 Å². The van der Waals surface area contributed by atoms with E-state index in [2.05, 4.69) is 14.9 Å². The van der Waals surface area contributed by atoms with Crippen molar-refractivity contribution in [2.75, 3.05) is 6.54 Å². The van der Waals surface area contributed by atoms with E-state index in [1.54, 1.807) is 6.26 Å². The maximum Gasteiger partial charge on any atom is 0.416 e. The predicted octanol–water partition coefficient (Wildman–Crippen LogP) is 3.61. The van der Waals surface area contributed by atoms with Gasteiger partial charge in [0, 0.05) is 24.2 Å². The van der Waals surface area contributed by atoms with E-state index >= 15 is 0 Å². The molecule has 1 aliphatic heterocycles. The zero-order valence-corrected chi connectivity index (χ0v) is 14.2. The van der Waals surface area contributed by atoms with Crippen molar-refractivity contribution in [3.8, 4) is 11.4 Å². The number of nitrogens with one attached hydrogen (secondary N) is 1. The van der Waals surface area contributed by atoms with E-state index in [0.29, 0.717) is 42.9 Å². The molecule has 0 spiro atoms. The molecule has 3 heterocycles. The van der Waals surface area contributed by atoms with Gasteiger partial charge in [-0.2, -0.15) is 13.2 Å². The fourth-order valence-electron chi connectivity index (χ4n) is 3.21. The number of aromatic nitrogens is 2. The topological polar surface area (TPSA) is 62.1 Å². The minimum absolute atomic E-state index is 0.243. The fourth-order valence-corrected chi connectivity index (χ4v) is 3.21. The molecular formula is C19H16F3N3O2. The van der Waals surface area contributed by atoms with Gasteiger partial charge in [-0.1, -0.05) is 12.1 Å². The molecule has 0 bridgehead atoms. The lowest BCUT2D eigenvalue weighted by molar-refractivity contribution is -0.137. The molecule has 0 atom stereocenters. The van der Waals surface area contributed by atoms with Gasteiger partial charge in [0.25, 0.3) is 5.56 Å². The first kappa shape index (κ1) is 17.5. The molecule has 27 heavy (non-hydrogen) atoms. The van der Waals surface area contributed by atoms with E-state index < -0.39 is 11.7 Å². The maximum absolute atomic E-state index is 12.7. The number of hydrogen-bond donors (Lipinski definition) is 1. The highest BCUT2D eigenvalue weighted by atomic mass is 19.4. The Bertz CT molecular complexity index is 993. The summed E-state index contributed by atoms with van der Waals surface area (Å²) in [7, 11) is 0. The lowest BCUT2D eigenvalue weighted by Crippen LogP contribution is -2.35. The van der Waals surface area contributed by atoms with Crippen molar-refractivity contribution in [1.82, 2.24) is 14.9 Å². The first-order valence-corrected chi connectivity index (χ1v) is 8.44. The van der Waals surface area contributed by atoms with Crippen molar-refractivity contribution in [2.45, 2.75) is 25.7 Å². The van der Waals surface area contributed by atoms with Crippen LogP contribution in [0, 0.1) is 0 Å². The van der Waals surface area contributed by atoms with Crippen LogP contribution in [0.5, 0.6) is 0 Å². The number of hydrogen-bond acceptors (Lipinski definition) is 4. The van der Waals surface area contributed by atoms with Gasteiger partial charge in [0.2, 0.25) is 0 Å². The third-order valence-electron chi connectivity index (χ3n) is 4.60. The van der Waals surface area contributed by atoms with Gasteiger partial charge in [-0.15, -0.1) is 0 Å². The van der Waals surface area contributed by atoms with Crippen LogP contribution in [0.3, 0.4) is 0 Å². The third kappa shape index (κ3) is 3.66. The van der Waals surface area contributed by atoms with Gasteiger partial charge in [-0.25, -0.2) is 4.98 Å². The summed E-state index contributed by atoms with van der Waals surface area (Å²) >= 11 is 0. The third-order valence-corrected chi connectivity index (χ3v) is 4.60. The largest absolute Gasteiger partial charge is 0.468 e. The van der Waals surface area contributed by atoms with E-state index in [1.807, 2.05) is 12.1 Å². The molecule has 0 fully saturated rings. The number of nitrogens with zero attached hydrogens (tertiary/aromatic N) is 2. The van der Waals surface area contributed by atoms with Crippen LogP contribution in [0.4, 0.5) is 13.2 Å². The lowest BCUT2D eigenvalue weighted by atomic mass is 10.1. The van der Waals surface area contributed by atoms with E-state index in [4.69, 9.17) is 4.42 Å². The van der Waals surface area contributed by atoms with Gasteiger partial charge >= 0.3 is 6.18 Å². The van der Waals surface area contributed by atoms with Crippen molar-refractivity contribution in [1.29, 1.82) is 0 Å². The molecule has 140 valence electrons. The molecule has 1 aliphatic rings. The quantitative estimate of drug-likeness (QED) is 0.760. The van der Waals surface area contributed by atoms with E-state index in [0.717, 1.165) is 17.9 Å². The number of benzene rings is 1. The van der Waals surface area contributed by atoms with Crippen LogP contribution in [0.15, 0.2) is 51.9 Å². The summed E-state index contributed by atoms with van der Waals surface area (Å²) in [5.41, 5.74) is 0.725. The Morgan fingerprint density at radius 3 is 2.63 bits per heavy atom. The molecule has 1 aromatic carbocycles. The Hall–Kier alpha value is -2.87. The molecule has 2 aromatic heterocycles. The Kier molecular flexibility index (Phi) is 4.35. The summed E-state index contributed by atoms with van der Waals surface area (Å²) < 4.78 is 43.5. The molecule has 0 saturated heterocycles. The maximum atomic E-state index is 12.7. The van der Waals surface area contributed by atoms with Crippen LogP contribution < -0.4 is 5.56 Å². The number of rotatable bonds is 3. The summed E-state index contributed by atoms with van der Waals surface area (Å²) in [6, 6.07) is 8.30. The summed E-state index contributed by atoms with van der Waals surface area (Å²) in [4.78, 5) is 21.7. The molecule has 0 aliphatic carbocycles. The van der Waals surface area contributed by atoms with Crippen molar-refractivity contribution >= 4 is 0 Å². The molecule has 0 radical (unpaired) electrons. The smallest absolute Gasteiger partial charge is 0.416 e. The summed E-state index contributed by atoms with van der Waals surface area (Å²) in [6.07, 6.45) is -2.23. The molecule has 1 N–H and O–H groups in total. The van der Waals surface area contributed by atoms with Gasteiger partial charge in [-0.05, 0) is 30.7 Å². The summed E-state index contributed by atoms with van der Waals surface area (Å²) in [6.45, 7) is 1.79. The second kappa shape index (κ2) is 6.70. The molecule has 4 rings (SSSR count). The molecule has 8 heteroatoms. The minimum atomic E-state index is -4.40. The Morgan fingerprint density at radius 1 is 1.19 bits per heavy atom. The van der Waals surface area contributed by atoms with Crippen LogP contribution in [0.2, 0.25) is 0 Å². The highest BCUT2D eigenvalue weighted by Crippen LogP contribution is 2.30. The summed E-state index contributed by atoms with van der Waals surface area (Å²) in [5, 5.41) is 0. The first-order chi connectivity index (χ1) is 12.9. The Balaban J connectivity index is 1.61. The van der Waals surface area contributed by atoms with E-state index in [9.17, 15) is 18.0 Å². The van der Waals surface area contributed by atoms with Crippen LogP contribution in [-0.4, -0.2) is 21.4 Å². The van der Waals surface area contributed by atoms with Crippen LogP contribution in [0.25, 0.3) is 11.4 Å². The second-order valence-electron chi connectivity index (χ2n) is 6.45. The van der Waals surface area contributed by atoms with Crippen molar-refractivity contribution in [3.63, 3.8) is 0 Å². The number of halogens is 3. The number of aromatic amines is 1. The zero-order valence-electron chi connectivity index (χ0n) is 14.2. The van der Waals surface area contributed by atoms with E-state index in [-0.39, 0.29) is 11.4 Å². The molecule has 5 nitrogen and oxygen atoms in total. The molecule has 0 unspecified atom stereocenters. The average molecular weight is 375 g/mol. The first-order valence-electron chi connectivity index (χ1n) is 8.44. The summed E-state index contributed by atoms with van der Waals surface area (Å²) in [5.74, 6) is 1.10. The van der Waals surface area contributed by atoms with E-state index in [1.165, 1.54) is 12.1 Å². The van der Waals surface area contributed by atoms with Gasteiger partial charge in [0.15, 0.2) is 0 Å². The lowest BCUT2D eigenvalue weighted by Gasteiger charge is -2.26. The minimum Gasteiger partial charge on any atom is -0.468 e. The average Bonchev–Trinajstić information content (AvgIpc) is 3.14. The number of H-pyrrole nitrogens is 1. The monoisotopic (exact) mass is 375 g/mol. The second-order valence-corrected chi connectivity index (χ2v) is 6.45. The molecular weight excluding hydrogens is 359 g/mol. The van der Waals surface area contributed by atoms with Gasteiger partial charge in [-0.3, -0.25) is 9.69 Å². The molecule has 3 aromatic rings. The van der Waals surface area contributed by atoms with Gasteiger partial charge < -0.3 is 9.40 Å². The SMILES string of the molecule is O=c1[nH]c(-c2ccc(C(F)(F)F)cc2)nc2c1CCN(Cc1ccco1)C2. The fraction of sp³-hybridized carbons (Fsp3) is 0.263. The standard InChI is InChI=1S/C19H16F3N3O2/c20-19(21,22)13-5-3-12(4-6-13)17-23-16-11-25(10-14-2-1-9-27-14)8-7-15(16)18(26)24-17/h1-6,9H,7-8,10-11H2,(H,23,24,26). The number of fused-ring (bicyclic) bond motifs is 1. The van der Waals surface area contributed by atoms with Crippen molar-refractivity contribution in [2.24, 2.45) is 0 Å². The van der Waals surface area contributed by atoms with Crippen LogP contribution in [-0.2, 0) is 25.7 Å². The molecule has 0 saturated carbocycles. The van der Waals surface area contributed by atoms with Crippen LogP contribution >= 0.6 is 0 Å². The number of furan rings is 1. The van der Waals surface area contributed by atoms with Crippen molar-refractivity contribution < 1.29 is 17.6 Å². The Labute approximate surface area is 152 Å².